The predicted molar refractivity (Wildman–Crippen MR) is 157 cm³/mol. The zero-order chi connectivity index (χ0) is 26.6. The number of carbonyl (C=O) groups excluding carboxylic acids is 1. The number of thioether (sulfide) groups is 1. The van der Waals surface area contributed by atoms with Gasteiger partial charge in [0.15, 0.2) is 16.7 Å². The maximum Gasteiger partial charge on any atom is 0.266 e. The van der Waals surface area contributed by atoms with Crippen LogP contribution < -0.4 is 9.47 Å². The first-order valence-electron chi connectivity index (χ1n) is 12.6. The van der Waals surface area contributed by atoms with E-state index in [0.29, 0.717) is 34.7 Å². The first-order valence-corrected chi connectivity index (χ1v) is 13.4. The Morgan fingerprint density at radius 2 is 1.76 bits per heavy atom. The zero-order valence-corrected chi connectivity index (χ0v) is 22.8. The van der Waals surface area contributed by atoms with Crippen molar-refractivity contribution in [3.8, 4) is 11.5 Å². The second kappa shape index (κ2) is 11.2. The van der Waals surface area contributed by atoms with Crippen molar-refractivity contribution in [3.05, 3.63) is 106 Å². The van der Waals surface area contributed by atoms with Gasteiger partial charge in [-0.05, 0) is 89.8 Å². The van der Waals surface area contributed by atoms with E-state index in [1.165, 1.54) is 22.5 Å². The molecule has 38 heavy (non-hydrogen) atoms. The highest BCUT2D eigenvalue weighted by Crippen LogP contribution is 2.36. The van der Waals surface area contributed by atoms with Crippen LogP contribution in [-0.4, -0.2) is 29.6 Å². The first-order chi connectivity index (χ1) is 18.5. The number of amidine groups is 1. The van der Waals surface area contributed by atoms with Gasteiger partial charge in [-0.1, -0.05) is 60.7 Å². The van der Waals surface area contributed by atoms with Crippen LogP contribution in [0.1, 0.15) is 29.2 Å². The second-order valence-electron chi connectivity index (χ2n) is 9.18. The predicted octanol–water partition coefficient (Wildman–Crippen LogP) is 7.67. The molecule has 6 heteroatoms. The van der Waals surface area contributed by atoms with Crippen LogP contribution >= 0.6 is 11.8 Å². The second-order valence-corrected chi connectivity index (χ2v) is 10.2. The molecule has 0 aromatic heterocycles. The molecule has 0 saturated carbocycles. The van der Waals surface area contributed by atoms with Gasteiger partial charge < -0.3 is 9.47 Å². The van der Waals surface area contributed by atoms with Crippen LogP contribution in [0, 0.1) is 13.8 Å². The largest absolute Gasteiger partial charge is 0.493 e. The van der Waals surface area contributed by atoms with Crippen molar-refractivity contribution in [2.45, 2.75) is 27.4 Å². The molecule has 0 unspecified atom stereocenters. The number of likely N-dealkylation sites (N-methyl/N-ethyl adjacent to an activating group) is 1. The number of nitrogens with zero attached hydrogens (tertiary/aromatic N) is 2. The number of aliphatic imine (C=N–C) groups is 1. The van der Waals surface area contributed by atoms with E-state index >= 15 is 0 Å². The van der Waals surface area contributed by atoms with Gasteiger partial charge in [-0.3, -0.25) is 9.69 Å². The minimum absolute atomic E-state index is 0.0446. The summed E-state index contributed by atoms with van der Waals surface area (Å²) in [4.78, 5) is 20.4. The maximum atomic E-state index is 13.2. The average molecular weight is 523 g/mol. The highest BCUT2D eigenvalue weighted by molar-refractivity contribution is 8.18. The fourth-order valence-corrected chi connectivity index (χ4v) is 5.49. The van der Waals surface area contributed by atoms with E-state index in [1.807, 2.05) is 69.3 Å². The van der Waals surface area contributed by atoms with Crippen molar-refractivity contribution < 1.29 is 14.3 Å². The lowest BCUT2D eigenvalue weighted by Crippen LogP contribution is -2.28. The Morgan fingerprint density at radius 3 is 2.58 bits per heavy atom. The molecule has 1 aliphatic rings. The highest BCUT2D eigenvalue weighted by atomic mass is 32.2. The Labute approximate surface area is 227 Å². The number of benzene rings is 4. The molecule has 5 nitrogen and oxygen atoms in total. The number of hydrogen-bond acceptors (Lipinski definition) is 5. The number of rotatable bonds is 7. The number of fused-ring (bicyclic) bond motifs is 1. The number of carbonyl (C=O) groups is 1. The summed E-state index contributed by atoms with van der Waals surface area (Å²) >= 11 is 1.40. The standard InChI is InChI=1S/C32H30N2O3S/c1-5-34-31(35)30(38-32(34)33-27-17-21(2)13-14-22(27)3)19-23-15-16-28(29(18-23)36-4)37-20-25-11-8-10-24-9-6-7-12-26(24)25/h6-19H,5,20H2,1-4H3/b30-19+,33-32?. The number of aryl methyl sites for hydroxylation is 2. The molecule has 0 N–H and O–H groups in total. The third-order valence-electron chi connectivity index (χ3n) is 6.53. The lowest BCUT2D eigenvalue weighted by Gasteiger charge is -2.13. The monoisotopic (exact) mass is 522 g/mol. The molecule has 5 rings (SSSR count). The van der Waals surface area contributed by atoms with Gasteiger partial charge in [-0.15, -0.1) is 0 Å². The summed E-state index contributed by atoms with van der Waals surface area (Å²) in [6.45, 7) is 7.02. The number of ether oxygens (including phenoxy) is 2. The van der Waals surface area contributed by atoms with Gasteiger partial charge >= 0.3 is 0 Å². The van der Waals surface area contributed by atoms with Crippen molar-refractivity contribution in [1.82, 2.24) is 4.90 Å². The molecule has 0 bridgehead atoms. The van der Waals surface area contributed by atoms with Crippen LogP contribution in [0.25, 0.3) is 16.8 Å². The van der Waals surface area contributed by atoms with Crippen molar-refractivity contribution in [2.75, 3.05) is 13.7 Å². The fraction of sp³-hybridized carbons (Fsp3) is 0.188. The third-order valence-corrected chi connectivity index (χ3v) is 7.54. The first kappa shape index (κ1) is 25.6. The van der Waals surface area contributed by atoms with E-state index in [0.717, 1.165) is 27.9 Å². The van der Waals surface area contributed by atoms with Gasteiger partial charge in [-0.25, -0.2) is 4.99 Å². The fourth-order valence-electron chi connectivity index (χ4n) is 4.43. The third kappa shape index (κ3) is 5.31. The van der Waals surface area contributed by atoms with Crippen molar-refractivity contribution >= 4 is 45.4 Å². The van der Waals surface area contributed by atoms with Crippen molar-refractivity contribution in [2.24, 2.45) is 4.99 Å². The SMILES string of the molecule is CCN1C(=O)/C(=C\c2ccc(OCc3cccc4ccccc34)c(OC)c2)SC1=Nc1cc(C)ccc1C. The molecule has 0 aliphatic carbocycles. The van der Waals surface area contributed by atoms with Gasteiger partial charge in [0, 0.05) is 6.54 Å². The molecule has 1 amide bonds. The van der Waals surface area contributed by atoms with Gasteiger partial charge in [-0.2, -0.15) is 0 Å². The molecule has 0 radical (unpaired) electrons. The van der Waals surface area contributed by atoms with Crippen LogP contribution in [0.3, 0.4) is 0 Å². The van der Waals surface area contributed by atoms with Crippen LogP contribution in [0.4, 0.5) is 5.69 Å². The number of methoxy groups -OCH3 is 1. The molecule has 4 aromatic carbocycles. The minimum atomic E-state index is -0.0446. The highest BCUT2D eigenvalue weighted by Gasteiger charge is 2.32. The van der Waals surface area contributed by atoms with Gasteiger partial charge in [0.05, 0.1) is 17.7 Å². The van der Waals surface area contributed by atoms with Gasteiger partial charge in [0.25, 0.3) is 5.91 Å². The number of amides is 1. The van der Waals surface area contributed by atoms with Crippen molar-refractivity contribution in [3.63, 3.8) is 0 Å². The lowest BCUT2D eigenvalue weighted by molar-refractivity contribution is -0.122. The summed E-state index contributed by atoms with van der Waals surface area (Å²) in [5, 5.41) is 3.05. The molecule has 1 aliphatic heterocycles. The lowest BCUT2D eigenvalue weighted by atomic mass is 10.1. The Bertz CT molecular complexity index is 1570. The van der Waals surface area contributed by atoms with Gasteiger partial charge in [0.2, 0.25) is 0 Å². The summed E-state index contributed by atoms with van der Waals surface area (Å²) in [6, 6.07) is 26.4. The molecule has 4 aromatic rings. The quantitative estimate of drug-likeness (QED) is 0.234. The van der Waals surface area contributed by atoms with Crippen LogP contribution in [0.5, 0.6) is 11.5 Å². The molecule has 1 saturated heterocycles. The normalized spacial score (nSPS) is 15.6. The molecule has 0 atom stereocenters. The van der Waals surface area contributed by atoms with Crippen LogP contribution in [0.15, 0.2) is 88.8 Å². The summed E-state index contributed by atoms with van der Waals surface area (Å²) in [5.74, 6) is 1.23. The molecular weight excluding hydrogens is 492 g/mol. The molecule has 1 heterocycles. The van der Waals surface area contributed by atoms with Gasteiger partial charge in [0.1, 0.15) is 6.61 Å². The molecule has 0 spiro atoms. The van der Waals surface area contributed by atoms with E-state index in [-0.39, 0.29) is 5.91 Å². The summed E-state index contributed by atoms with van der Waals surface area (Å²) < 4.78 is 11.8. The van der Waals surface area contributed by atoms with E-state index in [4.69, 9.17) is 14.5 Å². The molecular formula is C32H30N2O3S. The number of hydrogen-bond donors (Lipinski definition) is 0. The zero-order valence-electron chi connectivity index (χ0n) is 22.0. The van der Waals surface area contributed by atoms with Crippen molar-refractivity contribution in [1.29, 1.82) is 0 Å². The van der Waals surface area contributed by atoms with Crippen LogP contribution in [0.2, 0.25) is 0 Å². The van der Waals surface area contributed by atoms with E-state index in [1.54, 1.807) is 12.0 Å². The summed E-state index contributed by atoms with van der Waals surface area (Å²) in [7, 11) is 1.63. The Hall–Kier alpha value is -4.03. The average Bonchev–Trinajstić information content (AvgIpc) is 3.22. The molecule has 1 fully saturated rings. The van der Waals surface area contributed by atoms with Crippen LogP contribution in [-0.2, 0) is 11.4 Å². The van der Waals surface area contributed by atoms with E-state index in [2.05, 4.69) is 36.4 Å². The maximum absolute atomic E-state index is 13.2. The smallest absolute Gasteiger partial charge is 0.266 e. The Kier molecular flexibility index (Phi) is 7.52. The summed E-state index contributed by atoms with van der Waals surface area (Å²) in [6.07, 6.45) is 1.89. The summed E-state index contributed by atoms with van der Waals surface area (Å²) in [5.41, 5.74) is 5.07. The Morgan fingerprint density at radius 1 is 0.947 bits per heavy atom. The molecule has 192 valence electrons. The van der Waals surface area contributed by atoms with E-state index < -0.39 is 0 Å². The Balaban J connectivity index is 1.38. The topological polar surface area (TPSA) is 51.1 Å². The minimum Gasteiger partial charge on any atom is -0.493 e. The van der Waals surface area contributed by atoms with E-state index in [9.17, 15) is 4.79 Å².